The van der Waals surface area contributed by atoms with Crippen molar-refractivity contribution in [1.29, 1.82) is 0 Å². The average molecular weight is 186 g/mol. The van der Waals surface area contributed by atoms with E-state index in [9.17, 15) is 9.59 Å². The average Bonchev–Trinajstić information content (AvgIpc) is 2.31. The van der Waals surface area contributed by atoms with Crippen molar-refractivity contribution < 1.29 is 14.7 Å². The largest absolute Gasteiger partial charge is 0.480 e. The second-order valence-corrected chi connectivity index (χ2v) is 3.41. The number of carboxylic acid groups (broad SMARTS) is 1. The van der Waals surface area contributed by atoms with E-state index in [0.29, 0.717) is 6.54 Å². The van der Waals surface area contributed by atoms with Gasteiger partial charge in [-0.1, -0.05) is 0 Å². The van der Waals surface area contributed by atoms with Crippen molar-refractivity contribution >= 4 is 12.0 Å². The van der Waals surface area contributed by atoms with Crippen LogP contribution < -0.4 is 0 Å². The van der Waals surface area contributed by atoms with E-state index >= 15 is 0 Å². The molecule has 74 valence electrons. The summed E-state index contributed by atoms with van der Waals surface area (Å²) in [5, 5.41) is 8.72. The number of rotatable bonds is 2. The number of likely N-dealkylation sites (N-methyl/N-ethyl adjacent to an activating group) is 1. The molecule has 0 aromatic heterocycles. The highest BCUT2D eigenvalue weighted by Crippen LogP contribution is 2.16. The molecule has 0 aliphatic carbocycles. The quantitative estimate of drug-likeness (QED) is 0.670. The zero-order valence-corrected chi connectivity index (χ0v) is 8.02. The van der Waals surface area contributed by atoms with Crippen LogP contribution in [0.25, 0.3) is 0 Å². The highest BCUT2D eigenvalue weighted by molar-refractivity contribution is 5.83. The lowest BCUT2D eigenvalue weighted by atomic mass is 10.3. The molecule has 1 saturated heterocycles. The Bertz CT molecular complexity index is 242. The van der Waals surface area contributed by atoms with Crippen molar-refractivity contribution in [2.24, 2.45) is 0 Å². The lowest BCUT2D eigenvalue weighted by molar-refractivity contribution is -0.141. The molecule has 1 heterocycles. The van der Waals surface area contributed by atoms with Crippen LogP contribution in [0.3, 0.4) is 0 Å². The maximum Gasteiger partial charge on any atom is 0.326 e. The fraction of sp³-hybridized carbons (Fsp3) is 0.750. The fourth-order valence-corrected chi connectivity index (χ4v) is 1.33. The summed E-state index contributed by atoms with van der Waals surface area (Å²) in [7, 11) is 1.68. The first-order valence-electron chi connectivity index (χ1n) is 4.21. The van der Waals surface area contributed by atoms with Crippen LogP contribution in [0.4, 0.5) is 4.79 Å². The Hall–Kier alpha value is -1.26. The van der Waals surface area contributed by atoms with E-state index in [1.807, 2.05) is 6.92 Å². The third-order valence-corrected chi connectivity index (χ3v) is 2.49. The number of hydrogen-bond acceptors (Lipinski definition) is 2. The van der Waals surface area contributed by atoms with Crippen molar-refractivity contribution in [3.63, 3.8) is 0 Å². The zero-order valence-electron chi connectivity index (χ0n) is 8.02. The van der Waals surface area contributed by atoms with E-state index in [0.717, 1.165) is 0 Å². The Labute approximate surface area is 76.9 Å². The fourth-order valence-electron chi connectivity index (χ4n) is 1.33. The number of carbonyl (C=O) groups excluding carboxylic acids is 1. The van der Waals surface area contributed by atoms with Crippen LogP contribution in [-0.2, 0) is 4.79 Å². The van der Waals surface area contributed by atoms with E-state index in [4.69, 9.17) is 5.11 Å². The predicted molar refractivity (Wildman–Crippen MR) is 46.4 cm³/mol. The molecular formula is C8H14N2O3. The molecule has 0 saturated carbocycles. The molecule has 2 amide bonds. The van der Waals surface area contributed by atoms with Gasteiger partial charge in [-0.05, 0) is 13.8 Å². The Morgan fingerprint density at radius 2 is 2.23 bits per heavy atom. The van der Waals surface area contributed by atoms with Crippen LogP contribution in [0.1, 0.15) is 13.8 Å². The topological polar surface area (TPSA) is 60.9 Å². The summed E-state index contributed by atoms with van der Waals surface area (Å²) in [4.78, 5) is 25.0. The molecule has 2 unspecified atom stereocenters. The molecule has 0 spiro atoms. The van der Waals surface area contributed by atoms with Crippen LogP contribution in [0.2, 0.25) is 0 Å². The van der Waals surface area contributed by atoms with E-state index in [1.54, 1.807) is 11.9 Å². The number of amides is 2. The van der Waals surface area contributed by atoms with Gasteiger partial charge >= 0.3 is 12.0 Å². The van der Waals surface area contributed by atoms with Crippen LogP contribution in [-0.4, -0.2) is 52.6 Å². The summed E-state index contributed by atoms with van der Waals surface area (Å²) in [5.41, 5.74) is 0. The van der Waals surface area contributed by atoms with Gasteiger partial charge in [0.25, 0.3) is 0 Å². The second kappa shape index (κ2) is 3.24. The minimum absolute atomic E-state index is 0.0919. The van der Waals surface area contributed by atoms with Crippen molar-refractivity contribution in [3.8, 4) is 0 Å². The Kier molecular flexibility index (Phi) is 2.45. The first kappa shape index (κ1) is 9.83. The molecule has 0 aromatic carbocycles. The molecule has 2 atom stereocenters. The molecule has 0 aromatic rings. The molecular weight excluding hydrogens is 172 g/mol. The molecule has 5 heteroatoms. The number of aliphatic carboxylic acids is 1. The summed E-state index contributed by atoms with van der Waals surface area (Å²) >= 11 is 0. The number of carboxylic acids is 1. The van der Waals surface area contributed by atoms with Crippen molar-refractivity contribution in [3.05, 3.63) is 0 Å². The zero-order chi connectivity index (χ0) is 10.2. The lowest BCUT2D eigenvalue weighted by Crippen LogP contribution is -2.41. The van der Waals surface area contributed by atoms with Crippen LogP contribution in [0.5, 0.6) is 0 Å². The molecule has 1 fully saturated rings. The molecule has 1 N–H and O–H groups in total. The van der Waals surface area contributed by atoms with Gasteiger partial charge in [-0.2, -0.15) is 0 Å². The first-order chi connectivity index (χ1) is 5.95. The van der Waals surface area contributed by atoms with Crippen LogP contribution >= 0.6 is 0 Å². The van der Waals surface area contributed by atoms with Gasteiger partial charge in [0.1, 0.15) is 6.04 Å². The van der Waals surface area contributed by atoms with Gasteiger partial charge in [-0.15, -0.1) is 0 Å². The van der Waals surface area contributed by atoms with Gasteiger partial charge in [0, 0.05) is 19.6 Å². The predicted octanol–water partition coefficient (Wildman–Crippen LogP) is 0.215. The number of carbonyl (C=O) groups is 2. The molecule has 0 radical (unpaired) electrons. The van der Waals surface area contributed by atoms with Crippen LogP contribution in [0.15, 0.2) is 0 Å². The smallest absolute Gasteiger partial charge is 0.326 e. The standard InChI is InChI=1S/C8H14N2O3/c1-5-4-10(6(2)7(11)12)8(13)9(5)3/h5-6H,4H2,1-3H3,(H,11,12). The maximum absolute atomic E-state index is 11.5. The highest BCUT2D eigenvalue weighted by Gasteiger charge is 2.36. The summed E-state index contributed by atoms with van der Waals surface area (Å²) in [6.45, 7) is 3.90. The van der Waals surface area contributed by atoms with Crippen LogP contribution in [0, 0.1) is 0 Å². The van der Waals surface area contributed by atoms with E-state index in [-0.39, 0.29) is 12.1 Å². The second-order valence-electron chi connectivity index (χ2n) is 3.41. The maximum atomic E-state index is 11.5. The van der Waals surface area contributed by atoms with Crippen molar-refractivity contribution in [2.75, 3.05) is 13.6 Å². The molecule has 13 heavy (non-hydrogen) atoms. The number of nitrogens with zero attached hydrogens (tertiary/aromatic N) is 2. The number of hydrogen-bond donors (Lipinski definition) is 1. The van der Waals surface area contributed by atoms with Gasteiger partial charge in [0.15, 0.2) is 0 Å². The summed E-state index contributed by atoms with van der Waals surface area (Å²) in [6, 6.07) is -0.850. The Balaban J connectivity index is 2.74. The molecule has 1 rings (SSSR count). The van der Waals surface area contributed by atoms with E-state index in [2.05, 4.69) is 0 Å². The molecule has 5 nitrogen and oxygen atoms in total. The van der Waals surface area contributed by atoms with Gasteiger partial charge in [-0.25, -0.2) is 9.59 Å². The minimum atomic E-state index is -0.962. The monoisotopic (exact) mass is 186 g/mol. The summed E-state index contributed by atoms with van der Waals surface area (Å²) in [5.74, 6) is -0.962. The Morgan fingerprint density at radius 3 is 2.54 bits per heavy atom. The molecule has 0 bridgehead atoms. The van der Waals surface area contributed by atoms with Gasteiger partial charge in [0.05, 0.1) is 0 Å². The van der Waals surface area contributed by atoms with Gasteiger partial charge in [0.2, 0.25) is 0 Å². The van der Waals surface area contributed by atoms with E-state index < -0.39 is 12.0 Å². The van der Waals surface area contributed by atoms with Gasteiger partial charge < -0.3 is 14.9 Å². The highest BCUT2D eigenvalue weighted by atomic mass is 16.4. The third-order valence-electron chi connectivity index (χ3n) is 2.49. The summed E-state index contributed by atoms with van der Waals surface area (Å²) < 4.78 is 0. The van der Waals surface area contributed by atoms with E-state index in [1.165, 1.54) is 11.8 Å². The van der Waals surface area contributed by atoms with Gasteiger partial charge in [-0.3, -0.25) is 0 Å². The Morgan fingerprint density at radius 1 is 1.69 bits per heavy atom. The first-order valence-corrected chi connectivity index (χ1v) is 4.21. The summed E-state index contributed by atoms with van der Waals surface area (Å²) in [6.07, 6.45) is 0. The normalized spacial score (nSPS) is 25.2. The third kappa shape index (κ3) is 1.59. The SMILES string of the molecule is CC1CN(C(C)C(=O)O)C(=O)N1C. The van der Waals surface area contributed by atoms with Crippen molar-refractivity contribution in [1.82, 2.24) is 9.80 Å². The number of urea groups is 1. The van der Waals surface area contributed by atoms with Crippen molar-refractivity contribution in [2.45, 2.75) is 25.9 Å². The lowest BCUT2D eigenvalue weighted by Gasteiger charge is -2.19. The molecule has 1 aliphatic rings. The minimum Gasteiger partial charge on any atom is -0.480 e. The molecule has 1 aliphatic heterocycles.